The van der Waals surface area contributed by atoms with Crippen molar-refractivity contribution in [2.45, 2.75) is 17.2 Å². The number of sulfone groups is 1. The van der Waals surface area contributed by atoms with Crippen molar-refractivity contribution >= 4 is 39.1 Å². The van der Waals surface area contributed by atoms with Gasteiger partial charge in [-0.1, -0.05) is 30.3 Å². The van der Waals surface area contributed by atoms with Gasteiger partial charge in [0.1, 0.15) is 0 Å². The first-order valence-electron chi connectivity index (χ1n) is 6.22. The van der Waals surface area contributed by atoms with Gasteiger partial charge in [0.05, 0.1) is 28.7 Å². The summed E-state index contributed by atoms with van der Waals surface area (Å²) in [5.41, 5.74) is 1.16. The summed E-state index contributed by atoms with van der Waals surface area (Å²) in [6.07, 6.45) is 0. The Balaban J connectivity index is 1.73. The molecule has 1 aliphatic heterocycles. The van der Waals surface area contributed by atoms with E-state index in [0.29, 0.717) is 5.75 Å². The Morgan fingerprint density at radius 3 is 2.60 bits per heavy atom. The van der Waals surface area contributed by atoms with E-state index in [0.717, 1.165) is 11.3 Å². The van der Waals surface area contributed by atoms with E-state index in [4.69, 9.17) is 11.6 Å². The van der Waals surface area contributed by atoms with Gasteiger partial charge in [-0.05, 0) is 5.56 Å². The van der Waals surface area contributed by atoms with Crippen LogP contribution in [0.3, 0.4) is 0 Å². The molecule has 1 aliphatic rings. The molecule has 1 fully saturated rings. The van der Waals surface area contributed by atoms with E-state index in [9.17, 15) is 13.2 Å². The van der Waals surface area contributed by atoms with Gasteiger partial charge in [-0.15, -0.1) is 23.4 Å². The Morgan fingerprint density at radius 1 is 1.30 bits per heavy atom. The number of amides is 1. The maximum atomic E-state index is 11.8. The van der Waals surface area contributed by atoms with Gasteiger partial charge in [-0.25, -0.2) is 8.42 Å². The molecule has 0 radical (unpaired) electrons. The molecule has 7 heteroatoms. The molecule has 1 amide bonds. The molecule has 0 spiro atoms. The monoisotopic (exact) mass is 333 g/mol. The SMILES string of the molecule is O=C(CSCc1ccccc1)N[C@@H]1CS(=O)(=O)C[C@H]1Cl. The van der Waals surface area contributed by atoms with Crippen LogP contribution < -0.4 is 5.32 Å². The summed E-state index contributed by atoms with van der Waals surface area (Å²) in [6.45, 7) is 0. The molecule has 1 aromatic carbocycles. The second-order valence-electron chi connectivity index (χ2n) is 4.75. The highest BCUT2D eigenvalue weighted by atomic mass is 35.5. The predicted molar refractivity (Wildman–Crippen MR) is 82.8 cm³/mol. The van der Waals surface area contributed by atoms with Crippen molar-refractivity contribution in [1.82, 2.24) is 5.32 Å². The summed E-state index contributed by atoms with van der Waals surface area (Å²) in [6, 6.07) is 9.40. The van der Waals surface area contributed by atoms with Crippen molar-refractivity contribution in [3.63, 3.8) is 0 Å². The Bertz CT molecular complexity index is 562. The molecule has 0 aliphatic carbocycles. The van der Waals surface area contributed by atoms with Crippen LogP contribution in [0.5, 0.6) is 0 Å². The van der Waals surface area contributed by atoms with Crippen LogP contribution in [-0.4, -0.2) is 43.0 Å². The van der Waals surface area contributed by atoms with Crippen LogP contribution in [0.15, 0.2) is 30.3 Å². The minimum absolute atomic E-state index is 0.0589. The maximum absolute atomic E-state index is 11.8. The third-order valence-corrected chi connectivity index (χ3v) is 6.35. The fraction of sp³-hybridized carbons (Fsp3) is 0.462. The minimum Gasteiger partial charge on any atom is -0.350 e. The molecule has 0 bridgehead atoms. The summed E-state index contributed by atoms with van der Waals surface area (Å²) >= 11 is 7.43. The largest absolute Gasteiger partial charge is 0.350 e. The van der Waals surface area contributed by atoms with E-state index in [-0.39, 0.29) is 17.4 Å². The highest BCUT2D eigenvalue weighted by molar-refractivity contribution is 7.99. The van der Waals surface area contributed by atoms with Crippen LogP contribution in [0.2, 0.25) is 0 Å². The minimum atomic E-state index is -3.11. The number of rotatable bonds is 5. The Kier molecular flexibility index (Phi) is 5.35. The lowest BCUT2D eigenvalue weighted by Gasteiger charge is -2.14. The van der Waals surface area contributed by atoms with Crippen molar-refractivity contribution < 1.29 is 13.2 Å². The topological polar surface area (TPSA) is 63.2 Å². The van der Waals surface area contributed by atoms with Crippen LogP contribution in [0.25, 0.3) is 0 Å². The average Bonchev–Trinajstić information content (AvgIpc) is 2.63. The number of thioether (sulfide) groups is 1. The summed E-state index contributed by atoms with van der Waals surface area (Å²) in [5.74, 6) is 0.766. The first-order valence-corrected chi connectivity index (χ1v) is 9.63. The van der Waals surface area contributed by atoms with Crippen molar-refractivity contribution in [3.8, 4) is 0 Å². The van der Waals surface area contributed by atoms with Crippen LogP contribution in [0, 0.1) is 0 Å². The lowest BCUT2D eigenvalue weighted by atomic mass is 10.2. The molecule has 1 aromatic rings. The third kappa shape index (κ3) is 4.68. The average molecular weight is 334 g/mol. The fourth-order valence-electron chi connectivity index (χ4n) is 2.02. The highest BCUT2D eigenvalue weighted by Gasteiger charge is 2.37. The number of nitrogens with one attached hydrogen (secondary N) is 1. The Hall–Kier alpha value is -0.720. The van der Waals surface area contributed by atoms with Crippen molar-refractivity contribution in [2.24, 2.45) is 0 Å². The zero-order valence-electron chi connectivity index (χ0n) is 10.8. The van der Waals surface area contributed by atoms with Gasteiger partial charge < -0.3 is 5.32 Å². The lowest BCUT2D eigenvalue weighted by molar-refractivity contribution is -0.119. The molecule has 0 saturated carbocycles. The van der Waals surface area contributed by atoms with E-state index >= 15 is 0 Å². The molecule has 2 atom stereocenters. The molecular formula is C13H16ClNO3S2. The second-order valence-corrected chi connectivity index (χ2v) is 8.45. The highest BCUT2D eigenvalue weighted by Crippen LogP contribution is 2.18. The number of alkyl halides is 1. The summed E-state index contributed by atoms with van der Waals surface area (Å²) < 4.78 is 22.8. The van der Waals surface area contributed by atoms with E-state index in [1.165, 1.54) is 11.8 Å². The van der Waals surface area contributed by atoms with E-state index in [2.05, 4.69) is 5.32 Å². The van der Waals surface area contributed by atoms with Crippen molar-refractivity contribution in [3.05, 3.63) is 35.9 Å². The number of benzene rings is 1. The molecular weight excluding hydrogens is 318 g/mol. The van der Waals surface area contributed by atoms with Gasteiger partial charge in [0.15, 0.2) is 9.84 Å². The molecule has 0 aromatic heterocycles. The third-order valence-electron chi connectivity index (χ3n) is 2.97. The smallest absolute Gasteiger partial charge is 0.230 e. The van der Waals surface area contributed by atoms with Gasteiger partial charge in [0, 0.05) is 5.75 Å². The van der Waals surface area contributed by atoms with E-state index in [1.807, 2.05) is 30.3 Å². The molecule has 2 rings (SSSR count). The summed E-state index contributed by atoms with van der Waals surface area (Å²) in [4.78, 5) is 11.8. The zero-order valence-corrected chi connectivity index (χ0v) is 13.2. The molecule has 1 heterocycles. The number of hydrogen-bond donors (Lipinski definition) is 1. The Labute approximate surface area is 128 Å². The van der Waals surface area contributed by atoms with Crippen LogP contribution in [-0.2, 0) is 20.4 Å². The van der Waals surface area contributed by atoms with Gasteiger partial charge >= 0.3 is 0 Å². The van der Waals surface area contributed by atoms with Crippen LogP contribution in [0.4, 0.5) is 0 Å². The lowest BCUT2D eigenvalue weighted by Crippen LogP contribution is -2.41. The molecule has 4 nitrogen and oxygen atoms in total. The molecule has 1 saturated heterocycles. The molecule has 20 heavy (non-hydrogen) atoms. The summed E-state index contributed by atoms with van der Waals surface area (Å²) in [5, 5.41) is 2.17. The first-order chi connectivity index (χ1) is 9.46. The van der Waals surface area contributed by atoms with E-state index in [1.54, 1.807) is 0 Å². The van der Waals surface area contributed by atoms with Gasteiger partial charge in [-0.3, -0.25) is 4.79 Å². The Morgan fingerprint density at radius 2 is 2.00 bits per heavy atom. The number of halogens is 1. The molecule has 0 unspecified atom stereocenters. The standard InChI is InChI=1S/C13H16ClNO3S2/c14-11-8-20(17,18)9-12(11)15-13(16)7-19-6-10-4-2-1-3-5-10/h1-5,11-12H,6-9H2,(H,15,16)/t11-,12-/m1/s1. The second kappa shape index (κ2) is 6.83. The zero-order chi connectivity index (χ0) is 14.6. The van der Waals surface area contributed by atoms with Gasteiger partial charge in [0.25, 0.3) is 0 Å². The fourth-order valence-corrected chi connectivity index (χ4v) is 5.37. The molecule has 1 N–H and O–H groups in total. The maximum Gasteiger partial charge on any atom is 0.230 e. The van der Waals surface area contributed by atoms with Crippen LogP contribution >= 0.6 is 23.4 Å². The molecule has 110 valence electrons. The van der Waals surface area contributed by atoms with E-state index < -0.39 is 21.3 Å². The van der Waals surface area contributed by atoms with Crippen molar-refractivity contribution in [2.75, 3.05) is 17.3 Å². The normalized spacial score (nSPS) is 24.4. The number of carbonyl (C=O) groups excluding carboxylic acids is 1. The van der Waals surface area contributed by atoms with Gasteiger partial charge in [0.2, 0.25) is 5.91 Å². The van der Waals surface area contributed by atoms with Gasteiger partial charge in [-0.2, -0.15) is 0 Å². The summed E-state index contributed by atoms with van der Waals surface area (Å²) in [7, 11) is -3.11. The van der Waals surface area contributed by atoms with Crippen molar-refractivity contribution in [1.29, 1.82) is 0 Å². The number of hydrogen-bond acceptors (Lipinski definition) is 4. The first kappa shape index (κ1) is 15.7. The number of carbonyl (C=O) groups is 1. The van der Waals surface area contributed by atoms with Crippen LogP contribution in [0.1, 0.15) is 5.56 Å². The predicted octanol–water partition coefficient (Wildman–Crippen LogP) is 1.44. The quantitative estimate of drug-likeness (QED) is 0.828.